The number of methoxy groups -OCH3 is 1. The van der Waals surface area contributed by atoms with Crippen molar-refractivity contribution >= 4 is 0 Å². The molecule has 5 heteroatoms. The van der Waals surface area contributed by atoms with Crippen LogP contribution in [0.4, 0.5) is 8.78 Å². The third-order valence-electron chi connectivity index (χ3n) is 5.09. The Morgan fingerprint density at radius 3 is 2.91 bits per heavy atom. The summed E-state index contributed by atoms with van der Waals surface area (Å²) in [4.78, 5) is 2.40. The van der Waals surface area contributed by atoms with Crippen molar-refractivity contribution in [2.24, 2.45) is 0 Å². The van der Waals surface area contributed by atoms with E-state index in [9.17, 15) is 8.78 Å². The van der Waals surface area contributed by atoms with Crippen molar-refractivity contribution in [2.75, 3.05) is 27.3 Å². The van der Waals surface area contributed by atoms with Gasteiger partial charge in [-0.1, -0.05) is 18.2 Å². The van der Waals surface area contributed by atoms with Crippen LogP contribution in [-0.2, 0) is 5.41 Å². The van der Waals surface area contributed by atoms with Crippen LogP contribution >= 0.6 is 0 Å². The summed E-state index contributed by atoms with van der Waals surface area (Å²) in [6.07, 6.45) is 5.27. The van der Waals surface area contributed by atoms with Gasteiger partial charge in [0, 0.05) is 11.5 Å². The first kappa shape index (κ1) is 16.2. The van der Waals surface area contributed by atoms with E-state index in [1.54, 1.807) is 0 Å². The second kappa shape index (κ2) is 6.48. The fourth-order valence-corrected chi connectivity index (χ4v) is 3.96. The lowest BCUT2D eigenvalue weighted by Gasteiger charge is -2.38. The monoisotopic (exact) mass is 323 g/mol. The molecule has 2 aliphatic rings. The van der Waals surface area contributed by atoms with Gasteiger partial charge in [-0.2, -0.15) is 0 Å². The number of alkyl halides is 2. The molecule has 23 heavy (non-hydrogen) atoms. The van der Waals surface area contributed by atoms with Crippen molar-refractivity contribution in [3.63, 3.8) is 0 Å². The minimum Gasteiger partial charge on any atom is -0.493 e. The maximum atomic E-state index is 12.5. The average molecular weight is 323 g/mol. The first-order valence-corrected chi connectivity index (χ1v) is 8.04. The second-order valence-corrected chi connectivity index (χ2v) is 6.33. The van der Waals surface area contributed by atoms with Gasteiger partial charge in [-0.3, -0.25) is 0 Å². The zero-order chi connectivity index (χ0) is 16.4. The number of ether oxygens (including phenoxy) is 2. The molecule has 0 radical (unpaired) electrons. The first-order chi connectivity index (χ1) is 11.1. The summed E-state index contributed by atoms with van der Waals surface area (Å²) in [6.45, 7) is 0.417. The van der Waals surface area contributed by atoms with Gasteiger partial charge in [-0.05, 0) is 50.6 Å². The second-order valence-electron chi connectivity index (χ2n) is 6.33. The highest BCUT2D eigenvalue weighted by atomic mass is 19.3. The molecule has 2 atom stereocenters. The fourth-order valence-electron chi connectivity index (χ4n) is 3.96. The zero-order valence-corrected chi connectivity index (χ0v) is 13.6. The molecular formula is C18H23F2NO2. The van der Waals surface area contributed by atoms with Gasteiger partial charge < -0.3 is 14.4 Å². The molecule has 1 heterocycles. The van der Waals surface area contributed by atoms with Gasteiger partial charge in [0.15, 0.2) is 11.5 Å². The van der Waals surface area contributed by atoms with E-state index >= 15 is 0 Å². The maximum Gasteiger partial charge on any atom is 0.272 e. The minimum atomic E-state index is -2.50. The van der Waals surface area contributed by atoms with Crippen LogP contribution in [0, 0.1) is 0 Å². The summed E-state index contributed by atoms with van der Waals surface area (Å²) in [7, 11) is 3.68. The van der Waals surface area contributed by atoms with E-state index in [-0.39, 0.29) is 5.41 Å². The van der Waals surface area contributed by atoms with Gasteiger partial charge in [-0.25, -0.2) is 8.78 Å². The third kappa shape index (κ3) is 2.94. The lowest BCUT2D eigenvalue weighted by atomic mass is 9.70. The van der Waals surface area contributed by atoms with Crippen molar-refractivity contribution in [2.45, 2.75) is 37.1 Å². The maximum absolute atomic E-state index is 12.5. The highest BCUT2D eigenvalue weighted by Gasteiger charge is 2.46. The molecule has 1 aliphatic heterocycles. The molecule has 1 aromatic rings. The number of fused-ring (bicyclic) bond motifs is 1. The molecule has 1 saturated heterocycles. The van der Waals surface area contributed by atoms with E-state index in [4.69, 9.17) is 9.47 Å². The number of benzene rings is 1. The summed E-state index contributed by atoms with van der Waals surface area (Å²) in [5, 5.41) is 0. The van der Waals surface area contributed by atoms with E-state index in [1.807, 2.05) is 18.2 Å². The Morgan fingerprint density at radius 1 is 1.35 bits per heavy atom. The highest BCUT2D eigenvalue weighted by molar-refractivity contribution is 5.48. The number of likely N-dealkylation sites (tertiary alicyclic amines) is 1. The van der Waals surface area contributed by atoms with Gasteiger partial charge in [0.05, 0.1) is 7.11 Å². The molecule has 0 spiro atoms. The topological polar surface area (TPSA) is 21.7 Å². The van der Waals surface area contributed by atoms with Crippen LogP contribution in [0.5, 0.6) is 11.5 Å². The molecule has 3 rings (SSSR count). The van der Waals surface area contributed by atoms with E-state index < -0.39 is 13.0 Å². The predicted molar refractivity (Wildman–Crippen MR) is 85.6 cm³/mol. The standard InChI is InChI=1S/C18H23F2NO2/c1-21-10-9-18(8-4-3-5-16(18)21)13-6-7-14(22-2)15(11-13)23-12-17(19)20/h4,6-8,11,16-17H,3,5,9-10,12H2,1-2H3/t16?,18-/m0/s1. The van der Waals surface area contributed by atoms with Crippen molar-refractivity contribution < 1.29 is 18.3 Å². The van der Waals surface area contributed by atoms with E-state index in [1.165, 1.54) is 7.11 Å². The molecule has 126 valence electrons. The summed E-state index contributed by atoms with van der Waals surface area (Å²) < 4.78 is 35.5. The summed E-state index contributed by atoms with van der Waals surface area (Å²) in [5.41, 5.74) is 1.07. The Labute approximate surface area is 135 Å². The Hall–Kier alpha value is -1.62. The zero-order valence-electron chi connectivity index (χ0n) is 13.6. The number of rotatable bonds is 5. The van der Waals surface area contributed by atoms with Crippen LogP contribution in [-0.4, -0.2) is 44.7 Å². The first-order valence-electron chi connectivity index (χ1n) is 8.04. The molecule has 1 fully saturated rings. The normalized spacial score (nSPS) is 27.3. The van der Waals surface area contributed by atoms with Crippen LogP contribution in [0.25, 0.3) is 0 Å². The molecule has 0 N–H and O–H groups in total. The van der Waals surface area contributed by atoms with Crippen molar-refractivity contribution in [1.82, 2.24) is 4.90 Å². The summed E-state index contributed by atoms with van der Waals surface area (Å²) >= 11 is 0. The number of hydrogen-bond acceptors (Lipinski definition) is 3. The Bertz CT molecular complexity index is 590. The van der Waals surface area contributed by atoms with Crippen molar-refractivity contribution in [3.8, 4) is 11.5 Å². The molecule has 0 aromatic heterocycles. The molecule has 1 unspecified atom stereocenters. The van der Waals surface area contributed by atoms with Gasteiger partial charge in [0.1, 0.15) is 6.61 Å². The van der Waals surface area contributed by atoms with Crippen molar-refractivity contribution in [1.29, 1.82) is 0 Å². The number of halogens is 2. The largest absolute Gasteiger partial charge is 0.493 e. The lowest BCUT2D eigenvalue weighted by Crippen LogP contribution is -2.41. The quantitative estimate of drug-likeness (QED) is 0.772. The van der Waals surface area contributed by atoms with Gasteiger partial charge in [0.25, 0.3) is 6.43 Å². The minimum absolute atomic E-state index is 0.0534. The molecular weight excluding hydrogens is 300 g/mol. The summed E-state index contributed by atoms with van der Waals surface area (Å²) in [6, 6.07) is 6.19. The molecule has 0 amide bonds. The van der Waals surface area contributed by atoms with Crippen LogP contribution in [0.1, 0.15) is 24.8 Å². The molecule has 3 nitrogen and oxygen atoms in total. The van der Waals surface area contributed by atoms with Gasteiger partial charge in [0.2, 0.25) is 0 Å². The Kier molecular flexibility index (Phi) is 4.57. The van der Waals surface area contributed by atoms with E-state index in [2.05, 4.69) is 24.1 Å². The number of nitrogens with zero attached hydrogens (tertiary/aromatic N) is 1. The smallest absolute Gasteiger partial charge is 0.272 e. The SMILES string of the molecule is COc1ccc([C@@]23C=CCCC2N(C)CC3)cc1OCC(F)F. The van der Waals surface area contributed by atoms with E-state index in [0.717, 1.165) is 31.4 Å². The van der Waals surface area contributed by atoms with Crippen LogP contribution < -0.4 is 9.47 Å². The molecule has 0 bridgehead atoms. The predicted octanol–water partition coefficient (Wildman–Crippen LogP) is 3.63. The molecule has 1 aliphatic carbocycles. The molecule has 0 saturated carbocycles. The summed E-state index contributed by atoms with van der Waals surface area (Å²) in [5.74, 6) is 0.889. The fraction of sp³-hybridized carbons (Fsp3) is 0.556. The average Bonchev–Trinajstić information content (AvgIpc) is 2.91. The van der Waals surface area contributed by atoms with Crippen LogP contribution in [0.15, 0.2) is 30.4 Å². The van der Waals surface area contributed by atoms with Gasteiger partial charge in [-0.15, -0.1) is 0 Å². The van der Waals surface area contributed by atoms with Gasteiger partial charge >= 0.3 is 0 Å². The van der Waals surface area contributed by atoms with Crippen LogP contribution in [0.2, 0.25) is 0 Å². The third-order valence-corrected chi connectivity index (χ3v) is 5.09. The lowest BCUT2D eigenvalue weighted by molar-refractivity contribution is 0.0803. The number of allylic oxidation sites excluding steroid dienone is 1. The Balaban J connectivity index is 1.97. The van der Waals surface area contributed by atoms with Crippen LogP contribution in [0.3, 0.4) is 0 Å². The van der Waals surface area contributed by atoms with E-state index in [0.29, 0.717) is 17.5 Å². The number of likely N-dealkylation sites (N-methyl/N-ethyl adjacent to an activating group) is 1. The highest BCUT2D eigenvalue weighted by Crippen LogP contribution is 2.47. The molecule has 1 aromatic carbocycles. The Morgan fingerprint density at radius 2 is 2.17 bits per heavy atom. The number of hydrogen-bond donors (Lipinski definition) is 0. The van der Waals surface area contributed by atoms with Crippen molar-refractivity contribution in [3.05, 3.63) is 35.9 Å².